The molecule has 0 spiro atoms. The summed E-state index contributed by atoms with van der Waals surface area (Å²) in [6.45, 7) is 2.09. The number of fused-ring (bicyclic) bond motifs is 1. The molecule has 2 aromatic carbocycles. The summed E-state index contributed by atoms with van der Waals surface area (Å²) in [6, 6.07) is 18.1. The second-order valence-electron chi connectivity index (χ2n) is 6.69. The molecule has 1 unspecified atom stereocenters. The molecule has 6 nitrogen and oxygen atoms in total. The van der Waals surface area contributed by atoms with Gasteiger partial charge in [0.2, 0.25) is 5.89 Å². The first-order chi connectivity index (χ1) is 13.8. The standard InChI is InChI=1S/C22H24N4O2.HI/c1-23-22(24-13-17-11-12-27-20-10-6-5-9-19(17)20)25-14-18-15-28-21(26-18)16-7-3-2-4-8-16;/h2-10,15,17H,11-14H2,1H3,(H2,23,24,25);1H. The van der Waals surface area contributed by atoms with Crippen LogP contribution in [0, 0.1) is 0 Å². The van der Waals surface area contributed by atoms with Crippen molar-refractivity contribution in [1.29, 1.82) is 0 Å². The van der Waals surface area contributed by atoms with Gasteiger partial charge >= 0.3 is 0 Å². The largest absolute Gasteiger partial charge is 0.493 e. The van der Waals surface area contributed by atoms with E-state index in [-0.39, 0.29) is 24.0 Å². The lowest BCUT2D eigenvalue weighted by Crippen LogP contribution is -2.39. The number of aliphatic imine (C=N–C) groups is 1. The number of nitrogens with one attached hydrogen (secondary N) is 2. The maximum Gasteiger partial charge on any atom is 0.226 e. The van der Waals surface area contributed by atoms with E-state index in [9.17, 15) is 0 Å². The lowest BCUT2D eigenvalue weighted by Gasteiger charge is -2.26. The first-order valence-electron chi connectivity index (χ1n) is 9.49. The Bertz CT molecular complexity index is 943. The third-order valence-corrected chi connectivity index (χ3v) is 4.83. The fraction of sp³-hybridized carbons (Fsp3) is 0.273. The first-order valence-corrected chi connectivity index (χ1v) is 9.49. The Morgan fingerprint density at radius 1 is 1.10 bits per heavy atom. The first kappa shape index (κ1) is 21.2. The highest BCUT2D eigenvalue weighted by Gasteiger charge is 2.21. The molecule has 3 aromatic rings. The van der Waals surface area contributed by atoms with Crippen molar-refractivity contribution in [3.63, 3.8) is 0 Å². The van der Waals surface area contributed by atoms with Crippen LogP contribution in [-0.2, 0) is 6.54 Å². The normalized spacial score (nSPS) is 15.6. The second-order valence-corrected chi connectivity index (χ2v) is 6.69. The molecule has 0 radical (unpaired) electrons. The van der Waals surface area contributed by atoms with Gasteiger partial charge in [-0.05, 0) is 30.2 Å². The number of halogens is 1. The topological polar surface area (TPSA) is 71.7 Å². The highest BCUT2D eigenvalue weighted by molar-refractivity contribution is 14.0. The van der Waals surface area contributed by atoms with Gasteiger partial charge in [0.25, 0.3) is 0 Å². The van der Waals surface area contributed by atoms with Crippen molar-refractivity contribution in [3.05, 3.63) is 72.1 Å². The number of aromatic nitrogens is 1. The molecule has 1 aromatic heterocycles. The Morgan fingerprint density at radius 2 is 1.90 bits per heavy atom. The van der Waals surface area contributed by atoms with E-state index in [0.29, 0.717) is 18.4 Å². The van der Waals surface area contributed by atoms with Crippen LogP contribution in [0.25, 0.3) is 11.5 Å². The summed E-state index contributed by atoms with van der Waals surface area (Å²) < 4.78 is 11.3. The van der Waals surface area contributed by atoms with Gasteiger partial charge in [0.15, 0.2) is 5.96 Å². The zero-order valence-electron chi connectivity index (χ0n) is 16.3. The predicted molar refractivity (Wildman–Crippen MR) is 125 cm³/mol. The van der Waals surface area contributed by atoms with Crippen LogP contribution in [0.1, 0.15) is 23.6 Å². The highest BCUT2D eigenvalue weighted by atomic mass is 127. The average molecular weight is 504 g/mol. The second kappa shape index (κ2) is 10.3. The van der Waals surface area contributed by atoms with E-state index in [1.807, 2.05) is 42.5 Å². The monoisotopic (exact) mass is 504 g/mol. The maximum absolute atomic E-state index is 5.74. The molecule has 0 fully saturated rings. The molecule has 2 heterocycles. The van der Waals surface area contributed by atoms with Crippen molar-refractivity contribution in [1.82, 2.24) is 15.6 Å². The molecule has 0 saturated heterocycles. The van der Waals surface area contributed by atoms with Crippen LogP contribution < -0.4 is 15.4 Å². The van der Waals surface area contributed by atoms with Crippen LogP contribution in [0.15, 0.2) is 70.3 Å². The fourth-order valence-corrected chi connectivity index (χ4v) is 3.34. The van der Waals surface area contributed by atoms with Gasteiger partial charge < -0.3 is 19.8 Å². The molecule has 0 aliphatic carbocycles. The minimum atomic E-state index is 0. The minimum absolute atomic E-state index is 0. The quantitative estimate of drug-likeness (QED) is 0.310. The molecule has 152 valence electrons. The average Bonchev–Trinajstić information content (AvgIpc) is 3.24. The van der Waals surface area contributed by atoms with E-state index in [0.717, 1.165) is 42.5 Å². The van der Waals surface area contributed by atoms with Crippen LogP contribution in [0.3, 0.4) is 0 Å². The Balaban J connectivity index is 0.00000240. The summed E-state index contributed by atoms with van der Waals surface area (Å²) in [7, 11) is 1.77. The summed E-state index contributed by atoms with van der Waals surface area (Å²) in [5.74, 6) is 2.76. The van der Waals surface area contributed by atoms with Gasteiger partial charge in [0.1, 0.15) is 12.0 Å². The Hall–Kier alpha value is -2.55. The third kappa shape index (κ3) is 5.29. The Labute approximate surface area is 187 Å². The van der Waals surface area contributed by atoms with Crippen molar-refractivity contribution < 1.29 is 9.15 Å². The molecule has 2 N–H and O–H groups in total. The van der Waals surface area contributed by atoms with Gasteiger partial charge in [-0.15, -0.1) is 24.0 Å². The number of hydrogen-bond donors (Lipinski definition) is 2. The van der Waals surface area contributed by atoms with E-state index in [2.05, 4.69) is 32.7 Å². The van der Waals surface area contributed by atoms with Gasteiger partial charge in [-0.2, -0.15) is 0 Å². The molecule has 0 bridgehead atoms. The number of rotatable bonds is 5. The van der Waals surface area contributed by atoms with Crippen molar-refractivity contribution in [2.75, 3.05) is 20.2 Å². The molecule has 7 heteroatoms. The molecule has 1 aliphatic heterocycles. The lowest BCUT2D eigenvalue weighted by atomic mass is 9.93. The van der Waals surface area contributed by atoms with Gasteiger partial charge in [-0.25, -0.2) is 4.98 Å². The van der Waals surface area contributed by atoms with Crippen molar-refractivity contribution >= 4 is 29.9 Å². The number of guanidine groups is 1. The molecule has 0 saturated carbocycles. The number of nitrogens with zero attached hydrogens (tertiary/aromatic N) is 2. The van der Waals surface area contributed by atoms with E-state index in [1.54, 1.807) is 13.3 Å². The predicted octanol–water partition coefficient (Wildman–Crippen LogP) is 4.19. The van der Waals surface area contributed by atoms with E-state index >= 15 is 0 Å². The highest BCUT2D eigenvalue weighted by Crippen LogP contribution is 2.32. The smallest absolute Gasteiger partial charge is 0.226 e. The fourth-order valence-electron chi connectivity index (χ4n) is 3.34. The van der Waals surface area contributed by atoms with Crippen LogP contribution in [0.4, 0.5) is 0 Å². The Morgan fingerprint density at radius 3 is 2.72 bits per heavy atom. The lowest BCUT2D eigenvalue weighted by molar-refractivity contribution is 0.267. The minimum Gasteiger partial charge on any atom is -0.493 e. The molecule has 1 atom stereocenters. The van der Waals surface area contributed by atoms with Gasteiger partial charge in [-0.1, -0.05) is 36.4 Å². The van der Waals surface area contributed by atoms with E-state index < -0.39 is 0 Å². The van der Waals surface area contributed by atoms with Crippen LogP contribution in [-0.4, -0.2) is 31.1 Å². The van der Waals surface area contributed by atoms with Crippen LogP contribution >= 0.6 is 24.0 Å². The summed E-state index contributed by atoms with van der Waals surface area (Å²) in [4.78, 5) is 8.85. The SMILES string of the molecule is CN=C(NCc1coc(-c2ccccc2)n1)NCC1CCOc2ccccc21.I. The molecular formula is C22H25IN4O2. The van der Waals surface area contributed by atoms with Crippen molar-refractivity contribution in [3.8, 4) is 17.2 Å². The molecule has 1 aliphatic rings. The van der Waals surface area contributed by atoms with Gasteiger partial charge in [0, 0.05) is 25.1 Å². The Kier molecular flexibility index (Phi) is 7.51. The zero-order valence-corrected chi connectivity index (χ0v) is 18.6. The summed E-state index contributed by atoms with van der Waals surface area (Å²) in [5, 5.41) is 6.71. The number of hydrogen-bond acceptors (Lipinski definition) is 4. The number of oxazole rings is 1. The number of benzene rings is 2. The third-order valence-electron chi connectivity index (χ3n) is 4.83. The summed E-state index contributed by atoms with van der Waals surface area (Å²) in [5.41, 5.74) is 3.05. The van der Waals surface area contributed by atoms with Gasteiger partial charge in [0.05, 0.1) is 18.8 Å². The van der Waals surface area contributed by atoms with Gasteiger partial charge in [-0.3, -0.25) is 4.99 Å². The molecule has 29 heavy (non-hydrogen) atoms. The van der Waals surface area contributed by atoms with Crippen molar-refractivity contribution in [2.24, 2.45) is 4.99 Å². The maximum atomic E-state index is 5.74. The van der Waals surface area contributed by atoms with Crippen molar-refractivity contribution in [2.45, 2.75) is 18.9 Å². The summed E-state index contributed by atoms with van der Waals surface area (Å²) >= 11 is 0. The number of para-hydroxylation sites is 1. The van der Waals surface area contributed by atoms with E-state index in [4.69, 9.17) is 9.15 Å². The number of ether oxygens (including phenoxy) is 1. The van der Waals surface area contributed by atoms with E-state index in [1.165, 1.54) is 5.56 Å². The summed E-state index contributed by atoms with van der Waals surface area (Å²) in [6.07, 6.45) is 2.67. The zero-order chi connectivity index (χ0) is 19.2. The molecular weight excluding hydrogens is 479 g/mol. The van der Waals surface area contributed by atoms with Crippen LogP contribution in [0.5, 0.6) is 5.75 Å². The van der Waals surface area contributed by atoms with Crippen LogP contribution in [0.2, 0.25) is 0 Å². The molecule has 0 amide bonds. The molecule has 4 rings (SSSR count).